The maximum Gasteiger partial charge on any atom is 0.340 e. The maximum atomic E-state index is 10.6. The third-order valence-corrected chi connectivity index (χ3v) is 3.06. The summed E-state index contributed by atoms with van der Waals surface area (Å²) in [5, 5.41) is 18.1. The Bertz CT molecular complexity index is 336. The molecule has 2 N–H and O–H groups in total. The van der Waals surface area contributed by atoms with Crippen LogP contribution in [-0.4, -0.2) is 16.2 Å². The second-order valence-electron chi connectivity index (χ2n) is 2.06. The van der Waals surface area contributed by atoms with Crippen LogP contribution in [0.4, 0.5) is 0 Å². The smallest absolute Gasteiger partial charge is 0.340 e. The summed E-state index contributed by atoms with van der Waals surface area (Å²) in [6.07, 6.45) is 0. The third kappa shape index (κ3) is 1.82. The highest BCUT2D eigenvalue weighted by atomic mass is 127. The largest absolute Gasteiger partial charge is 0.506 e. The Morgan fingerprint density at radius 2 is 1.75 bits per heavy atom. The zero-order chi connectivity index (χ0) is 9.30. The molecule has 0 aliphatic carbocycles. The maximum absolute atomic E-state index is 10.6. The van der Waals surface area contributed by atoms with E-state index in [2.05, 4.69) is 0 Å². The predicted molar refractivity (Wildman–Crippen MR) is 60.5 cm³/mol. The molecule has 0 unspecified atom stereocenters. The molecule has 1 aromatic carbocycles. The number of rotatable bonds is 1. The number of aromatic hydroxyl groups is 1. The molecule has 3 nitrogen and oxygen atoms in total. The summed E-state index contributed by atoms with van der Waals surface area (Å²) in [5.41, 5.74) is -0.0255. The van der Waals surface area contributed by atoms with E-state index in [4.69, 9.17) is 5.11 Å². The number of carbonyl (C=O) groups is 1. The van der Waals surface area contributed by atoms with Gasteiger partial charge in [0.15, 0.2) is 0 Å². The lowest BCUT2D eigenvalue weighted by Gasteiger charge is -2.03. The van der Waals surface area contributed by atoms with Gasteiger partial charge < -0.3 is 10.2 Å². The van der Waals surface area contributed by atoms with Gasteiger partial charge in [0.2, 0.25) is 0 Å². The minimum Gasteiger partial charge on any atom is -0.506 e. The molecule has 0 heterocycles. The van der Waals surface area contributed by atoms with Gasteiger partial charge in [-0.1, -0.05) is 0 Å². The van der Waals surface area contributed by atoms with E-state index in [0.29, 0.717) is 7.14 Å². The molecule has 5 heteroatoms. The van der Waals surface area contributed by atoms with Crippen LogP contribution >= 0.6 is 45.2 Å². The monoisotopic (exact) mass is 390 g/mol. The summed E-state index contributed by atoms with van der Waals surface area (Å²) in [7, 11) is 0. The lowest BCUT2D eigenvalue weighted by atomic mass is 10.2. The molecule has 0 atom stereocenters. The number of benzene rings is 1. The van der Waals surface area contributed by atoms with Crippen molar-refractivity contribution in [2.24, 2.45) is 0 Å². The zero-order valence-electron chi connectivity index (χ0n) is 5.71. The number of halogens is 2. The molecular weight excluding hydrogens is 386 g/mol. The minimum atomic E-state index is -1.10. The number of carboxylic acids is 1. The van der Waals surface area contributed by atoms with E-state index in [9.17, 15) is 9.90 Å². The molecule has 0 saturated heterocycles. The molecule has 1 aromatic rings. The molecule has 64 valence electrons. The van der Waals surface area contributed by atoms with Crippen molar-refractivity contribution in [3.8, 4) is 5.75 Å². The van der Waals surface area contributed by atoms with Gasteiger partial charge in [-0.2, -0.15) is 0 Å². The minimum absolute atomic E-state index is 0.0255. The van der Waals surface area contributed by atoms with Gasteiger partial charge >= 0.3 is 5.97 Å². The summed E-state index contributed by atoms with van der Waals surface area (Å²) < 4.78 is 1.09. The highest BCUT2D eigenvalue weighted by Crippen LogP contribution is 2.28. The van der Waals surface area contributed by atoms with E-state index in [1.165, 1.54) is 0 Å². The SMILES string of the molecule is O=C(O)c1c(I)ccc(I)c1O. The van der Waals surface area contributed by atoms with Crippen molar-refractivity contribution < 1.29 is 15.0 Å². The van der Waals surface area contributed by atoms with E-state index >= 15 is 0 Å². The molecule has 1 rings (SSSR count). The first-order valence-electron chi connectivity index (χ1n) is 2.94. The molecule has 0 radical (unpaired) electrons. The van der Waals surface area contributed by atoms with Crippen LogP contribution in [0.2, 0.25) is 0 Å². The first kappa shape index (κ1) is 10.0. The van der Waals surface area contributed by atoms with Crippen LogP contribution in [0.5, 0.6) is 5.75 Å². The lowest BCUT2D eigenvalue weighted by Crippen LogP contribution is -2.00. The first-order chi connectivity index (χ1) is 5.54. The van der Waals surface area contributed by atoms with Gasteiger partial charge in [-0.3, -0.25) is 0 Å². The number of hydrogen-bond acceptors (Lipinski definition) is 2. The molecule has 0 aliphatic heterocycles. The van der Waals surface area contributed by atoms with Gasteiger partial charge in [-0.05, 0) is 57.3 Å². The fraction of sp³-hybridized carbons (Fsp3) is 0. The predicted octanol–water partition coefficient (Wildman–Crippen LogP) is 2.30. The van der Waals surface area contributed by atoms with Crippen molar-refractivity contribution in [2.45, 2.75) is 0 Å². The quantitative estimate of drug-likeness (QED) is 0.724. The summed E-state index contributed by atoms with van der Waals surface area (Å²) in [5.74, 6) is -1.26. The molecule has 0 aliphatic rings. The van der Waals surface area contributed by atoms with Gasteiger partial charge in [-0.25, -0.2) is 4.79 Å². The Labute approximate surface area is 96.1 Å². The van der Waals surface area contributed by atoms with Crippen molar-refractivity contribution in [1.82, 2.24) is 0 Å². The summed E-state index contributed by atoms with van der Waals surface area (Å²) >= 11 is 3.76. The van der Waals surface area contributed by atoms with Gasteiger partial charge in [0.05, 0.1) is 3.57 Å². The van der Waals surface area contributed by atoms with Crippen molar-refractivity contribution in [1.29, 1.82) is 0 Å². The second-order valence-corrected chi connectivity index (χ2v) is 4.38. The van der Waals surface area contributed by atoms with Crippen molar-refractivity contribution in [2.75, 3.05) is 0 Å². The normalized spacial score (nSPS) is 9.83. The molecule has 0 fully saturated rings. The van der Waals surface area contributed by atoms with Gasteiger partial charge in [0.1, 0.15) is 11.3 Å². The summed E-state index contributed by atoms with van der Waals surface area (Å²) in [4.78, 5) is 10.6. The molecule has 0 saturated carbocycles. The van der Waals surface area contributed by atoms with Crippen molar-refractivity contribution in [3.05, 3.63) is 24.8 Å². The lowest BCUT2D eigenvalue weighted by molar-refractivity contribution is 0.0692. The molecule has 0 amide bonds. The second kappa shape index (κ2) is 3.77. The van der Waals surface area contributed by atoms with Crippen LogP contribution in [0.15, 0.2) is 12.1 Å². The number of aromatic carboxylic acids is 1. The van der Waals surface area contributed by atoms with Crippen LogP contribution in [0.3, 0.4) is 0 Å². The van der Waals surface area contributed by atoms with E-state index in [-0.39, 0.29) is 11.3 Å². The van der Waals surface area contributed by atoms with E-state index < -0.39 is 5.97 Å². The summed E-state index contributed by atoms with van der Waals surface area (Å²) in [6, 6.07) is 3.33. The summed E-state index contributed by atoms with van der Waals surface area (Å²) in [6.45, 7) is 0. The Morgan fingerprint density at radius 3 is 2.17 bits per heavy atom. The average Bonchev–Trinajstić information content (AvgIpc) is 1.97. The number of carboxylic acid groups (broad SMARTS) is 1. The average molecular weight is 390 g/mol. The van der Waals surface area contributed by atoms with E-state index in [1.807, 2.05) is 45.2 Å². The topological polar surface area (TPSA) is 57.5 Å². The van der Waals surface area contributed by atoms with Crippen LogP contribution in [0.25, 0.3) is 0 Å². The fourth-order valence-corrected chi connectivity index (χ4v) is 1.86. The zero-order valence-corrected chi connectivity index (χ0v) is 10.0. The van der Waals surface area contributed by atoms with Crippen LogP contribution < -0.4 is 0 Å². The number of phenols is 1. The highest BCUT2D eigenvalue weighted by Gasteiger charge is 2.15. The molecule has 0 bridgehead atoms. The molecular formula is C7H4I2O3. The molecule has 12 heavy (non-hydrogen) atoms. The van der Waals surface area contributed by atoms with Gasteiger partial charge in [0, 0.05) is 3.57 Å². The fourth-order valence-electron chi connectivity index (χ4n) is 0.745. The van der Waals surface area contributed by atoms with E-state index in [1.54, 1.807) is 12.1 Å². The van der Waals surface area contributed by atoms with Crippen molar-refractivity contribution >= 4 is 51.2 Å². The van der Waals surface area contributed by atoms with E-state index in [0.717, 1.165) is 0 Å². The Kier molecular flexibility index (Phi) is 3.16. The Morgan fingerprint density at radius 1 is 1.25 bits per heavy atom. The van der Waals surface area contributed by atoms with Gasteiger partial charge in [-0.15, -0.1) is 0 Å². The highest BCUT2D eigenvalue weighted by molar-refractivity contribution is 14.1. The van der Waals surface area contributed by atoms with Crippen LogP contribution in [0, 0.1) is 7.14 Å². The third-order valence-electron chi connectivity index (χ3n) is 1.29. The Hall–Kier alpha value is -0.0500. The molecule has 0 spiro atoms. The standard InChI is InChI=1S/C7H4I2O3/c8-3-1-2-4(9)6(10)5(3)7(11)12/h1-2,10H,(H,11,12). The van der Waals surface area contributed by atoms with Gasteiger partial charge in [0.25, 0.3) is 0 Å². The van der Waals surface area contributed by atoms with Crippen LogP contribution in [-0.2, 0) is 0 Å². The van der Waals surface area contributed by atoms with Crippen molar-refractivity contribution in [3.63, 3.8) is 0 Å². The Balaban J connectivity index is 3.43. The molecule has 0 aromatic heterocycles. The first-order valence-corrected chi connectivity index (χ1v) is 5.10. The number of hydrogen-bond donors (Lipinski definition) is 2. The van der Waals surface area contributed by atoms with Crippen LogP contribution in [0.1, 0.15) is 10.4 Å².